The average Bonchev–Trinajstić information content (AvgIpc) is 2.77. The van der Waals surface area contributed by atoms with Crippen LogP contribution < -0.4 is 0 Å². The predicted molar refractivity (Wildman–Crippen MR) is 64.2 cm³/mol. The number of thioether (sulfide) groups is 1. The topological polar surface area (TPSA) is 70.5 Å². The third kappa shape index (κ3) is 2.53. The highest BCUT2D eigenvalue weighted by atomic mass is 35.5. The number of aromatic nitrogens is 1. The number of pyridine rings is 1. The Morgan fingerprint density at radius 3 is 2.94 bits per heavy atom. The van der Waals surface area contributed by atoms with Crippen LogP contribution in [0.4, 0.5) is 0 Å². The monoisotopic (exact) mass is 272 g/mol. The second-order valence-electron chi connectivity index (χ2n) is 3.47. The Hall–Kier alpha value is -1.27. The van der Waals surface area contributed by atoms with Gasteiger partial charge in [-0.1, -0.05) is 17.7 Å². The van der Waals surface area contributed by atoms with Gasteiger partial charge >= 0.3 is 5.97 Å². The van der Waals surface area contributed by atoms with Crippen LogP contribution in [-0.4, -0.2) is 44.5 Å². The van der Waals surface area contributed by atoms with Crippen molar-refractivity contribution in [2.24, 2.45) is 0 Å². The molecule has 1 amide bonds. The minimum atomic E-state index is -0.995. The normalized spacial score (nSPS) is 19.4. The van der Waals surface area contributed by atoms with Crippen LogP contribution in [0.3, 0.4) is 0 Å². The molecule has 0 aliphatic carbocycles. The molecule has 1 aliphatic heterocycles. The largest absolute Gasteiger partial charge is 0.480 e. The van der Waals surface area contributed by atoms with Gasteiger partial charge in [0.1, 0.15) is 16.9 Å². The fraction of sp³-hybridized carbons (Fsp3) is 0.300. The molecule has 1 aliphatic rings. The number of halogens is 1. The summed E-state index contributed by atoms with van der Waals surface area (Å²) in [5, 5.41) is 9.20. The van der Waals surface area contributed by atoms with E-state index in [1.165, 1.54) is 22.7 Å². The Balaban J connectivity index is 2.23. The zero-order valence-electron chi connectivity index (χ0n) is 8.67. The van der Waals surface area contributed by atoms with Crippen molar-refractivity contribution in [3.63, 3.8) is 0 Å². The van der Waals surface area contributed by atoms with Crippen molar-refractivity contribution in [3.05, 3.63) is 29.0 Å². The quantitative estimate of drug-likeness (QED) is 0.823. The standard InChI is InChI=1S/C10H9ClN2O3S/c11-8-3-1-2-6(12-8)9(14)13-5-17-4-7(13)10(15)16/h1-3,7H,4-5H2,(H,15,16). The van der Waals surface area contributed by atoms with Crippen LogP contribution in [0, 0.1) is 0 Å². The maximum atomic E-state index is 12.0. The van der Waals surface area contributed by atoms with Crippen molar-refractivity contribution < 1.29 is 14.7 Å². The number of aliphatic carboxylic acids is 1. The Labute approximate surface area is 107 Å². The zero-order valence-corrected chi connectivity index (χ0v) is 10.2. The van der Waals surface area contributed by atoms with Gasteiger partial charge in [0.25, 0.3) is 5.91 Å². The fourth-order valence-corrected chi connectivity index (χ4v) is 2.83. The third-order valence-electron chi connectivity index (χ3n) is 2.36. The number of amides is 1. The summed E-state index contributed by atoms with van der Waals surface area (Å²) in [4.78, 5) is 28.2. The second kappa shape index (κ2) is 4.93. The van der Waals surface area contributed by atoms with Crippen molar-refractivity contribution in [2.45, 2.75) is 6.04 Å². The molecule has 1 aromatic rings. The molecular formula is C10H9ClN2O3S. The molecule has 2 heterocycles. The van der Waals surface area contributed by atoms with Gasteiger partial charge < -0.3 is 10.0 Å². The molecule has 1 saturated heterocycles. The number of hydrogen-bond donors (Lipinski definition) is 1. The minimum Gasteiger partial charge on any atom is -0.480 e. The lowest BCUT2D eigenvalue weighted by atomic mass is 10.2. The van der Waals surface area contributed by atoms with Crippen LogP contribution in [0.2, 0.25) is 5.15 Å². The van der Waals surface area contributed by atoms with E-state index in [4.69, 9.17) is 16.7 Å². The SMILES string of the molecule is O=C(O)C1CSCN1C(=O)c1cccc(Cl)n1. The number of hydrogen-bond acceptors (Lipinski definition) is 4. The maximum absolute atomic E-state index is 12.0. The van der Waals surface area contributed by atoms with Crippen LogP contribution in [0.5, 0.6) is 0 Å². The van der Waals surface area contributed by atoms with Crippen LogP contribution in [0.15, 0.2) is 18.2 Å². The van der Waals surface area contributed by atoms with Gasteiger partial charge in [-0.05, 0) is 12.1 Å². The number of carboxylic acid groups (broad SMARTS) is 1. The molecule has 0 spiro atoms. The Morgan fingerprint density at radius 1 is 1.53 bits per heavy atom. The molecule has 1 atom stereocenters. The molecule has 5 nitrogen and oxygen atoms in total. The molecule has 2 rings (SSSR count). The summed E-state index contributed by atoms with van der Waals surface area (Å²) in [5.41, 5.74) is 0.172. The van der Waals surface area contributed by atoms with Gasteiger partial charge in [0.2, 0.25) is 0 Å². The summed E-state index contributed by atoms with van der Waals surface area (Å²) >= 11 is 7.10. The van der Waals surface area contributed by atoms with Crippen molar-refractivity contribution in [1.29, 1.82) is 0 Å². The van der Waals surface area contributed by atoms with Crippen molar-refractivity contribution in [2.75, 3.05) is 11.6 Å². The highest BCUT2D eigenvalue weighted by Crippen LogP contribution is 2.23. The van der Waals surface area contributed by atoms with Gasteiger partial charge in [0, 0.05) is 5.75 Å². The maximum Gasteiger partial charge on any atom is 0.327 e. The number of carbonyl (C=O) groups is 2. The molecule has 0 aromatic carbocycles. The van der Waals surface area contributed by atoms with Gasteiger partial charge in [-0.2, -0.15) is 0 Å². The van der Waals surface area contributed by atoms with E-state index in [0.717, 1.165) is 0 Å². The molecule has 7 heteroatoms. The van der Waals surface area contributed by atoms with Crippen molar-refractivity contribution >= 4 is 35.2 Å². The molecule has 0 saturated carbocycles. The lowest BCUT2D eigenvalue weighted by Crippen LogP contribution is -2.42. The summed E-state index contributed by atoms with van der Waals surface area (Å²) < 4.78 is 0. The molecular weight excluding hydrogens is 264 g/mol. The summed E-state index contributed by atoms with van der Waals surface area (Å²) in [6, 6.07) is 3.91. The first kappa shape index (κ1) is 12.2. The zero-order chi connectivity index (χ0) is 12.4. The molecule has 90 valence electrons. The second-order valence-corrected chi connectivity index (χ2v) is 4.86. The van der Waals surface area contributed by atoms with Crippen molar-refractivity contribution in [1.82, 2.24) is 9.88 Å². The number of nitrogens with zero attached hydrogens (tertiary/aromatic N) is 2. The van der Waals surface area contributed by atoms with E-state index >= 15 is 0 Å². The van der Waals surface area contributed by atoms with Gasteiger partial charge in [-0.15, -0.1) is 11.8 Å². The van der Waals surface area contributed by atoms with Crippen LogP contribution >= 0.6 is 23.4 Å². The van der Waals surface area contributed by atoms with E-state index in [2.05, 4.69) is 4.98 Å². The summed E-state index contributed by atoms with van der Waals surface area (Å²) in [5.74, 6) is -0.624. The average molecular weight is 273 g/mol. The van der Waals surface area contributed by atoms with Crippen LogP contribution in [0.25, 0.3) is 0 Å². The van der Waals surface area contributed by atoms with Gasteiger partial charge in [0.05, 0.1) is 5.88 Å². The van der Waals surface area contributed by atoms with Gasteiger partial charge in [0.15, 0.2) is 0 Å². The molecule has 0 radical (unpaired) electrons. The number of rotatable bonds is 2. The van der Waals surface area contributed by atoms with E-state index in [0.29, 0.717) is 11.6 Å². The minimum absolute atomic E-state index is 0.172. The van der Waals surface area contributed by atoms with Crippen LogP contribution in [-0.2, 0) is 4.79 Å². The molecule has 1 aromatic heterocycles. The predicted octanol–water partition coefficient (Wildman–Crippen LogP) is 1.33. The van der Waals surface area contributed by atoms with Crippen LogP contribution in [0.1, 0.15) is 10.5 Å². The Kier molecular flexibility index (Phi) is 3.54. The van der Waals surface area contributed by atoms with E-state index in [1.54, 1.807) is 12.1 Å². The first-order valence-electron chi connectivity index (χ1n) is 4.83. The first-order chi connectivity index (χ1) is 8.09. The number of carbonyl (C=O) groups excluding carboxylic acids is 1. The highest BCUT2D eigenvalue weighted by molar-refractivity contribution is 7.99. The molecule has 1 N–H and O–H groups in total. The lowest BCUT2D eigenvalue weighted by Gasteiger charge is -2.19. The molecule has 17 heavy (non-hydrogen) atoms. The first-order valence-corrected chi connectivity index (χ1v) is 6.37. The summed E-state index contributed by atoms with van der Waals surface area (Å²) in [6.07, 6.45) is 0. The molecule has 1 fully saturated rings. The molecule has 1 unspecified atom stereocenters. The number of carboxylic acids is 1. The molecule has 0 bridgehead atoms. The van der Waals surface area contributed by atoms with E-state index in [9.17, 15) is 9.59 Å². The van der Waals surface area contributed by atoms with E-state index < -0.39 is 17.9 Å². The van der Waals surface area contributed by atoms with Gasteiger partial charge in [-0.3, -0.25) is 4.79 Å². The van der Waals surface area contributed by atoms with E-state index in [1.807, 2.05) is 0 Å². The lowest BCUT2D eigenvalue weighted by molar-refractivity contribution is -0.140. The highest BCUT2D eigenvalue weighted by Gasteiger charge is 2.35. The van der Waals surface area contributed by atoms with Crippen molar-refractivity contribution in [3.8, 4) is 0 Å². The van der Waals surface area contributed by atoms with Gasteiger partial charge in [-0.25, -0.2) is 9.78 Å². The fourth-order valence-electron chi connectivity index (χ4n) is 1.52. The Morgan fingerprint density at radius 2 is 2.29 bits per heavy atom. The summed E-state index contributed by atoms with van der Waals surface area (Å²) in [7, 11) is 0. The Bertz CT molecular complexity index is 469. The smallest absolute Gasteiger partial charge is 0.327 e. The summed E-state index contributed by atoms with van der Waals surface area (Å²) in [6.45, 7) is 0. The third-order valence-corrected chi connectivity index (χ3v) is 3.59. The van der Waals surface area contributed by atoms with E-state index in [-0.39, 0.29) is 10.8 Å².